The zero-order valence-electron chi connectivity index (χ0n) is 13.8. The number of hydrogen-bond donors (Lipinski definition) is 1. The molecule has 0 atom stereocenters. The topological polar surface area (TPSA) is 51.5 Å². The van der Waals surface area contributed by atoms with Crippen LogP contribution in [-0.4, -0.2) is 19.6 Å². The van der Waals surface area contributed by atoms with E-state index in [1.807, 2.05) is 42.5 Å². The molecule has 0 radical (unpaired) electrons. The number of carbonyl (C=O) groups is 1. The maximum absolute atomic E-state index is 12.2. The van der Waals surface area contributed by atoms with Gasteiger partial charge in [-0.3, -0.25) is 4.79 Å². The zero-order valence-corrected chi connectivity index (χ0v) is 14.5. The van der Waals surface area contributed by atoms with Crippen molar-refractivity contribution in [2.24, 2.45) is 0 Å². The average Bonchev–Trinajstić information content (AvgIpc) is 3.12. The van der Waals surface area contributed by atoms with Crippen LogP contribution in [0.25, 0.3) is 11.3 Å². The van der Waals surface area contributed by atoms with Crippen LogP contribution in [0, 0.1) is 0 Å². The van der Waals surface area contributed by atoms with Gasteiger partial charge in [0.1, 0.15) is 11.5 Å². The number of amides is 1. The molecule has 2 aromatic carbocycles. The summed E-state index contributed by atoms with van der Waals surface area (Å²) in [7, 11) is 1.63. The molecule has 0 aliphatic carbocycles. The molecule has 0 saturated carbocycles. The van der Waals surface area contributed by atoms with E-state index in [-0.39, 0.29) is 11.7 Å². The lowest BCUT2D eigenvalue weighted by molar-refractivity contribution is 0.0927. The van der Waals surface area contributed by atoms with Gasteiger partial charge in [0.2, 0.25) is 0 Å². The summed E-state index contributed by atoms with van der Waals surface area (Å²) in [6.07, 6.45) is 0.730. The zero-order chi connectivity index (χ0) is 17.6. The van der Waals surface area contributed by atoms with Gasteiger partial charge in [-0.15, -0.1) is 0 Å². The fourth-order valence-electron chi connectivity index (χ4n) is 2.47. The molecule has 25 heavy (non-hydrogen) atoms. The van der Waals surface area contributed by atoms with Crippen LogP contribution < -0.4 is 10.1 Å². The summed E-state index contributed by atoms with van der Waals surface area (Å²) in [4.78, 5) is 12.2. The van der Waals surface area contributed by atoms with Gasteiger partial charge in [0.05, 0.1) is 12.1 Å². The van der Waals surface area contributed by atoms with E-state index in [0.717, 1.165) is 23.3 Å². The predicted octanol–water partition coefficient (Wildman–Crippen LogP) is 4.58. The Bertz CT molecular complexity index is 855. The molecule has 1 aromatic heterocycles. The number of rotatable bonds is 6. The molecule has 3 rings (SSSR count). The molecule has 3 aromatic rings. The Morgan fingerprint density at radius 2 is 1.84 bits per heavy atom. The fourth-order valence-corrected chi connectivity index (χ4v) is 2.69. The molecule has 5 heteroatoms. The van der Waals surface area contributed by atoms with Crippen molar-refractivity contribution in [3.63, 3.8) is 0 Å². The van der Waals surface area contributed by atoms with Gasteiger partial charge < -0.3 is 14.5 Å². The van der Waals surface area contributed by atoms with Crippen LogP contribution >= 0.6 is 11.6 Å². The highest BCUT2D eigenvalue weighted by atomic mass is 35.5. The third-order valence-electron chi connectivity index (χ3n) is 3.83. The molecular formula is C20H18ClNO3. The van der Waals surface area contributed by atoms with E-state index in [4.69, 9.17) is 20.8 Å². The van der Waals surface area contributed by atoms with Crippen LogP contribution in [0.1, 0.15) is 16.1 Å². The summed E-state index contributed by atoms with van der Waals surface area (Å²) in [5, 5.41) is 3.44. The summed E-state index contributed by atoms with van der Waals surface area (Å²) in [6.45, 7) is 0.521. The smallest absolute Gasteiger partial charge is 0.287 e. The second kappa shape index (κ2) is 7.90. The van der Waals surface area contributed by atoms with Gasteiger partial charge in [-0.05, 0) is 48.4 Å². The number of hydrogen-bond acceptors (Lipinski definition) is 3. The highest BCUT2D eigenvalue weighted by Gasteiger charge is 2.13. The van der Waals surface area contributed by atoms with Crippen molar-refractivity contribution in [2.75, 3.05) is 13.7 Å². The van der Waals surface area contributed by atoms with Crippen molar-refractivity contribution in [2.45, 2.75) is 6.42 Å². The van der Waals surface area contributed by atoms with Crippen molar-refractivity contribution in [3.05, 3.63) is 77.0 Å². The molecule has 1 amide bonds. The Morgan fingerprint density at radius 1 is 1.08 bits per heavy atom. The molecule has 4 nitrogen and oxygen atoms in total. The summed E-state index contributed by atoms with van der Waals surface area (Å²) < 4.78 is 10.8. The van der Waals surface area contributed by atoms with E-state index in [2.05, 4.69) is 5.32 Å². The van der Waals surface area contributed by atoms with Crippen LogP contribution in [0.15, 0.2) is 65.1 Å². The molecule has 1 heterocycles. The van der Waals surface area contributed by atoms with E-state index in [0.29, 0.717) is 17.3 Å². The third-order valence-corrected chi connectivity index (χ3v) is 4.16. The van der Waals surface area contributed by atoms with Gasteiger partial charge in [0.15, 0.2) is 5.76 Å². The minimum Gasteiger partial charge on any atom is -0.497 e. The molecule has 1 N–H and O–H groups in total. The van der Waals surface area contributed by atoms with Crippen LogP contribution in [-0.2, 0) is 6.42 Å². The Labute approximate surface area is 151 Å². The first-order valence-corrected chi connectivity index (χ1v) is 8.31. The van der Waals surface area contributed by atoms with Crippen molar-refractivity contribution >= 4 is 17.5 Å². The summed E-state index contributed by atoms with van der Waals surface area (Å²) >= 11 is 6.15. The van der Waals surface area contributed by atoms with Crippen molar-refractivity contribution < 1.29 is 13.9 Å². The Hall–Kier alpha value is -2.72. The van der Waals surface area contributed by atoms with E-state index in [1.165, 1.54) is 0 Å². The number of halogens is 1. The number of carbonyl (C=O) groups excluding carboxylic acids is 1. The SMILES string of the molecule is COc1ccc(CCNC(=O)c2ccc(-c3ccccc3Cl)o2)cc1. The second-order valence-electron chi connectivity index (χ2n) is 5.50. The quantitative estimate of drug-likeness (QED) is 0.704. The molecule has 0 unspecified atom stereocenters. The van der Waals surface area contributed by atoms with Gasteiger partial charge in [-0.25, -0.2) is 0 Å². The number of ether oxygens (including phenoxy) is 1. The highest BCUT2D eigenvalue weighted by molar-refractivity contribution is 6.33. The first kappa shape index (κ1) is 17.1. The Morgan fingerprint density at radius 3 is 2.56 bits per heavy atom. The van der Waals surface area contributed by atoms with Gasteiger partial charge in [-0.1, -0.05) is 35.9 Å². The van der Waals surface area contributed by atoms with E-state index < -0.39 is 0 Å². The van der Waals surface area contributed by atoms with E-state index in [9.17, 15) is 4.79 Å². The summed E-state index contributed by atoms with van der Waals surface area (Å²) in [5.41, 5.74) is 1.89. The Balaban J connectivity index is 1.57. The molecule has 0 bridgehead atoms. The molecular weight excluding hydrogens is 338 g/mol. The number of benzene rings is 2. The fraction of sp³-hybridized carbons (Fsp3) is 0.150. The van der Waals surface area contributed by atoms with Gasteiger partial charge in [0, 0.05) is 12.1 Å². The van der Waals surface area contributed by atoms with E-state index >= 15 is 0 Å². The van der Waals surface area contributed by atoms with Gasteiger partial charge >= 0.3 is 0 Å². The van der Waals surface area contributed by atoms with Crippen LogP contribution in [0.4, 0.5) is 0 Å². The predicted molar refractivity (Wildman–Crippen MR) is 98.2 cm³/mol. The number of nitrogens with one attached hydrogen (secondary N) is 1. The molecule has 0 fully saturated rings. The lowest BCUT2D eigenvalue weighted by Gasteiger charge is -2.05. The van der Waals surface area contributed by atoms with Crippen molar-refractivity contribution in [3.8, 4) is 17.1 Å². The number of methoxy groups -OCH3 is 1. The molecule has 0 aliphatic rings. The maximum Gasteiger partial charge on any atom is 0.287 e. The van der Waals surface area contributed by atoms with Crippen LogP contribution in [0.3, 0.4) is 0 Å². The van der Waals surface area contributed by atoms with Gasteiger partial charge in [-0.2, -0.15) is 0 Å². The maximum atomic E-state index is 12.2. The van der Waals surface area contributed by atoms with Crippen molar-refractivity contribution in [1.82, 2.24) is 5.32 Å². The van der Waals surface area contributed by atoms with Crippen LogP contribution in [0.5, 0.6) is 5.75 Å². The third kappa shape index (κ3) is 4.22. The first-order chi connectivity index (χ1) is 12.2. The molecule has 128 valence electrons. The molecule has 0 spiro atoms. The largest absolute Gasteiger partial charge is 0.497 e. The lowest BCUT2D eigenvalue weighted by atomic mass is 10.1. The minimum atomic E-state index is -0.244. The molecule has 0 saturated heterocycles. The van der Waals surface area contributed by atoms with Gasteiger partial charge in [0.25, 0.3) is 5.91 Å². The highest BCUT2D eigenvalue weighted by Crippen LogP contribution is 2.28. The normalized spacial score (nSPS) is 10.5. The minimum absolute atomic E-state index is 0.244. The first-order valence-electron chi connectivity index (χ1n) is 7.93. The standard InChI is InChI=1S/C20H18ClNO3/c1-24-15-8-6-14(7-9-15)12-13-22-20(23)19-11-10-18(25-19)16-4-2-3-5-17(16)21/h2-11H,12-13H2,1H3,(H,22,23). The summed E-state index contributed by atoms with van der Waals surface area (Å²) in [6, 6.07) is 18.5. The van der Waals surface area contributed by atoms with E-state index in [1.54, 1.807) is 25.3 Å². The average molecular weight is 356 g/mol. The summed E-state index contributed by atoms with van der Waals surface area (Å²) in [5.74, 6) is 1.41. The van der Waals surface area contributed by atoms with Crippen LogP contribution in [0.2, 0.25) is 5.02 Å². The monoisotopic (exact) mass is 355 g/mol. The second-order valence-corrected chi connectivity index (χ2v) is 5.90. The molecule has 0 aliphatic heterocycles. The number of furan rings is 1. The Kier molecular flexibility index (Phi) is 5.41. The van der Waals surface area contributed by atoms with Crippen molar-refractivity contribution in [1.29, 1.82) is 0 Å². The lowest BCUT2D eigenvalue weighted by Crippen LogP contribution is -2.25.